The molecule has 3 aromatic carbocycles. The van der Waals surface area contributed by atoms with Gasteiger partial charge in [0.15, 0.2) is 0 Å². The normalized spacial score (nSPS) is 11.1. The molecule has 3 rings (SSSR count). The van der Waals surface area contributed by atoms with Crippen LogP contribution in [0.2, 0.25) is 0 Å². The Morgan fingerprint density at radius 3 is 2.07 bits per heavy atom. The molecule has 0 bridgehead atoms. The standard InChI is InChI=1S/C21H18F2N2O3S/c22-16-7-5-15(6-8-16)13-14-24-21(26)19-3-1-2-4-20(19)25-29(27,28)18-11-9-17(23)10-12-18/h1-12,25H,13-14H2,(H,24,26). The quantitative estimate of drug-likeness (QED) is 0.616. The van der Waals surface area contributed by atoms with Crippen molar-refractivity contribution in [1.82, 2.24) is 5.32 Å². The maximum atomic E-state index is 13.0. The number of amides is 1. The highest BCUT2D eigenvalue weighted by atomic mass is 32.2. The van der Waals surface area contributed by atoms with Crippen molar-refractivity contribution < 1.29 is 22.0 Å². The first-order valence-electron chi connectivity index (χ1n) is 8.75. The average molecular weight is 416 g/mol. The Morgan fingerprint density at radius 2 is 1.41 bits per heavy atom. The predicted molar refractivity (Wildman–Crippen MR) is 106 cm³/mol. The molecule has 0 aliphatic rings. The van der Waals surface area contributed by atoms with Crippen LogP contribution in [0.15, 0.2) is 77.7 Å². The summed E-state index contributed by atoms with van der Waals surface area (Å²) in [6, 6.07) is 16.5. The number of benzene rings is 3. The van der Waals surface area contributed by atoms with Crippen LogP contribution in [0.1, 0.15) is 15.9 Å². The molecular formula is C21H18F2N2O3S. The minimum Gasteiger partial charge on any atom is -0.352 e. The van der Waals surface area contributed by atoms with Crippen molar-refractivity contribution in [2.45, 2.75) is 11.3 Å². The Hall–Kier alpha value is -3.26. The lowest BCUT2D eigenvalue weighted by molar-refractivity contribution is 0.0955. The maximum Gasteiger partial charge on any atom is 0.261 e. The lowest BCUT2D eigenvalue weighted by atomic mass is 10.1. The number of carbonyl (C=O) groups excluding carboxylic acids is 1. The second kappa shape index (κ2) is 8.83. The van der Waals surface area contributed by atoms with Crippen LogP contribution in [0.4, 0.5) is 14.5 Å². The van der Waals surface area contributed by atoms with Crippen LogP contribution in [0.3, 0.4) is 0 Å². The van der Waals surface area contributed by atoms with E-state index < -0.39 is 21.7 Å². The van der Waals surface area contributed by atoms with Crippen LogP contribution in [0.25, 0.3) is 0 Å². The molecule has 0 unspecified atom stereocenters. The molecule has 0 aliphatic heterocycles. The number of nitrogens with one attached hydrogen (secondary N) is 2. The van der Waals surface area contributed by atoms with Crippen LogP contribution >= 0.6 is 0 Å². The molecule has 0 heterocycles. The molecule has 1 amide bonds. The fourth-order valence-electron chi connectivity index (χ4n) is 2.65. The van der Waals surface area contributed by atoms with Gasteiger partial charge in [-0.2, -0.15) is 0 Å². The van der Waals surface area contributed by atoms with Crippen molar-refractivity contribution in [3.05, 3.63) is 95.6 Å². The van der Waals surface area contributed by atoms with Gasteiger partial charge < -0.3 is 5.32 Å². The van der Waals surface area contributed by atoms with Crippen LogP contribution in [0.5, 0.6) is 0 Å². The highest BCUT2D eigenvalue weighted by Crippen LogP contribution is 2.20. The van der Waals surface area contributed by atoms with Crippen LogP contribution in [-0.2, 0) is 16.4 Å². The van der Waals surface area contributed by atoms with Gasteiger partial charge in [0.25, 0.3) is 15.9 Å². The zero-order chi connectivity index (χ0) is 20.9. The number of halogens is 2. The van der Waals surface area contributed by atoms with Gasteiger partial charge in [-0.05, 0) is 60.5 Å². The summed E-state index contributed by atoms with van der Waals surface area (Å²) in [5.74, 6) is -1.34. The Balaban J connectivity index is 1.70. The molecule has 0 atom stereocenters. The van der Waals surface area contributed by atoms with E-state index in [2.05, 4.69) is 10.0 Å². The molecule has 2 N–H and O–H groups in total. The number of carbonyl (C=O) groups is 1. The van der Waals surface area contributed by atoms with Crippen LogP contribution in [-0.4, -0.2) is 20.9 Å². The highest BCUT2D eigenvalue weighted by molar-refractivity contribution is 7.92. The summed E-state index contributed by atoms with van der Waals surface area (Å²) in [6.07, 6.45) is 0.496. The van der Waals surface area contributed by atoms with E-state index in [1.54, 1.807) is 24.3 Å². The third-order valence-electron chi connectivity index (χ3n) is 4.15. The first-order valence-corrected chi connectivity index (χ1v) is 10.2. The number of anilines is 1. The minimum atomic E-state index is -3.99. The Kier molecular flexibility index (Phi) is 6.23. The summed E-state index contributed by atoms with van der Waals surface area (Å²) in [7, 11) is -3.99. The first kappa shape index (κ1) is 20.5. The Labute approximate surface area is 167 Å². The topological polar surface area (TPSA) is 75.3 Å². The number of para-hydroxylation sites is 1. The largest absolute Gasteiger partial charge is 0.352 e. The fraction of sp³-hybridized carbons (Fsp3) is 0.0952. The summed E-state index contributed by atoms with van der Waals surface area (Å²) >= 11 is 0. The van der Waals surface area contributed by atoms with E-state index >= 15 is 0 Å². The van der Waals surface area contributed by atoms with Crippen molar-refractivity contribution in [2.24, 2.45) is 0 Å². The molecule has 0 aliphatic carbocycles. The molecule has 0 spiro atoms. The van der Waals surface area contributed by atoms with E-state index in [1.165, 1.54) is 24.3 Å². The minimum absolute atomic E-state index is 0.108. The molecule has 29 heavy (non-hydrogen) atoms. The molecule has 0 fully saturated rings. The van der Waals surface area contributed by atoms with Gasteiger partial charge in [0.05, 0.1) is 16.1 Å². The third-order valence-corrected chi connectivity index (χ3v) is 5.53. The molecule has 3 aromatic rings. The number of rotatable bonds is 7. The smallest absolute Gasteiger partial charge is 0.261 e. The summed E-state index contributed by atoms with van der Waals surface area (Å²) in [5.41, 5.74) is 1.12. The number of sulfonamides is 1. The summed E-state index contributed by atoms with van der Waals surface area (Å²) in [4.78, 5) is 12.4. The zero-order valence-electron chi connectivity index (χ0n) is 15.2. The fourth-order valence-corrected chi connectivity index (χ4v) is 3.73. The average Bonchev–Trinajstić information content (AvgIpc) is 2.70. The summed E-state index contributed by atoms with van der Waals surface area (Å²) < 4.78 is 53.4. The van der Waals surface area contributed by atoms with Gasteiger partial charge in [0.1, 0.15) is 11.6 Å². The summed E-state index contributed by atoms with van der Waals surface area (Å²) in [6.45, 7) is 0.295. The van der Waals surface area contributed by atoms with Gasteiger partial charge >= 0.3 is 0 Å². The highest BCUT2D eigenvalue weighted by Gasteiger charge is 2.18. The lowest BCUT2D eigenvalue weighted by Gasteiger charge is -2.13. The van der Waals surface area contributed by atoms with Gasteiger partial charge in [0.2, 0.25) is 0 Å². The van der Waals surface area contributed by atoms with Crippen molar-refractivity contribution >= 4 is 21.6 Å². The SMILES string of the molecule is O=C(NCCc1ccc(F)cc1)c1ccccc1NS(=O)(=O)c1ccc(F)cc1. The van der Waals surface area contributed by atoms with Crippen molar-refractivity contribution in [3.8, 4) is 0 Å². The van der Waals surface area contributed by atoms with Gasteiger partial charge in [-0.1, -0.05) is 24.3 Å². The van der Waals surface area contributed by atoms with Gasteiger partial charge in [-0.25, -0.2) is 17.2 Å². The van der Waals surface area contributed by atoms with Crippen molar-refractivity contribution in [1.29, 1.82) is 0 Å². The van der Waals surface area contributed by atoms with E-state index in [0.717, 1.165) is 29.8 Å². The van der Waals surface area contributed by atoms with Gasteiger partial charge in [-0.3, -0.25) is 9.52 Å². The second-order valence-corrected chi connectivity index (χ2v) is 7.92. The van der Waals surface area contributed by atoms with E-state index in [9.17, 15) is 22.0 Å². The molecular weight excluding hydrogens is 398 g/mol. The summed E-state index contributed by atoms with van der Waals surface area (Å²) in [5, 5.41) is 2.72. The molecule has 0 saturated heterocycles. The maximum absolute atomic E-state index is 13.0. The molecule has 8 heteroatoms. The molecule has 5 nitrogen and oxygen atoms in total. The lowest BCUT2D eigenvalue weighted by Crippen LogP contribution is -2.27. The van der Waals surface area contributed by atoms with Gasteiger partial charge in [0, 0.05) is 6.54 Å². The molecule has 0 aromatic heterocycles. The van der Waals surface area contributed by atoms with E-state index in [0.29, 0.717) is 13.0 Å². The molecule has 150 valence electrons. The number of hydrogen-bond donors (Lipinski definition) is 2. The van der Waals surface area contributed by atoms with Crippen LogP contribution in [0, 0.1) is 11.6 Å². The second-order valence-electron chi connectivity index (χ2n) is 6.24. The first-order chi connectivity index (χ1) is 13.8. The molecule has 0 saturated carbocycles. The van der Waals surface area contributed by atoms with Gasteiger partial charge in [-0.15, -0.1) is 0 Å². The number of hydrogen-bond acceptors (Lipinski definition) is 3. The predicted octanol–water partition coefficient (Wildman–Crippen LogP) is 3.74. The molecule has 0 radical (unpaired) electrons. The van der Waals surface area contributed by atoms with E-state index in [1.807, 2.05) is 0 Å². The third kappa shape index (κ3) is 5.39. The van der Waals surface area contributed by atoms with Crippen molar-refractivity contribution in [3.63, 3.8) is 0 Å². The Bertz CT molecular complexity index is 1100. The van der Waals surface area contributed by atoms with Crippen molar-refractivity contribution in [2.75, 3.05) is 11.3 Å². The Morgan fingerprint density at radius 1 is 0.828 bits per heavy atom. The zero-order valence-corrected chi connectivity index (χ0v) is 16.0. The van der Waals surface area contributed by atoms with Crippen LogP contribution < -0.4 is 10.0 Å². The monoisotopic (exact) mass is 416 g/mol. The van der Waals surface area contributed by atoms with E-state index in [-0.39, 0.29) is 22.0 Å². The van der Waals surface area contributed by atoms with E-state index in [4.69, 9.17) is 0 Å².